The molecule has 1 fully saturated rings. The number of primary amides is 1. The van der Waals surface area contributed by atoms with Gasteiger partial charge in [-0.1, -0.05) is 0 Å². The van der Waals surface area contributed by atoms with Gasteiger partial charge in [-0.3, -0.25) is 14.9 Å². The molecule has 1 aromatic carbocycles. The number of rotatable bonds is 4. The maximum Gasteiger partial charge on any atom is 0.292 e. The summed E-state index contributed by atoms with van der Waals surface area (Å²) < 4.78 is 0. The Bertz CT molecular complexity index is 544. The van der Waals surface area contributed by atoms with Gasteiger partial charge in [0.25, 0.3) is 5.69 Å². The van der Waals surface area contributed by atoms with Gasteiger partial charge in [0.1, 0.15) is 5.69 Å². The van der Waals surface area contributed by atoms with Gasteiger partial charge in [0.15, 0.2) is 0 Å². The molecule has 0 radical (unpaired) electrons. The van der Waals surface area contributed by atoms with E-state index in [4.69, 9.17) is 11.5 Å². The Morgan fingerprint density at radius 2 is 2.25 bits per heavy atom. The number of carbonyl (C=O) groups excluding carboxylic acids is 1. The summed E-state index contributed by atoms with van der Waals surface area (Å²) in [7, 11) is 0. The predicted octanol–water partition coefficient (Wildman–Crippen LogP) is 0.867. The van der Waals surface area contributed by atoms with Crippen LogP contribution in [-0.4, -0.2) is 30.0 Å². The molecular formula is C13H18N4O3. The van der Waals surface area contributed by atoms with E-state index in [1.807, 2.05) is 11.8 Å². The van der Waals surface area contributed by atoms with Crippen LogP contribution in [0.5, 0.6) is 0 Å². The Morgan fingerprint density at radius 1 is 1.55 bits per heavy atom. The van der Waals surface area contributed by atoms with Crippen LogP contribution in [0.2, 0.25) is 0 Å². The highest BCUT2D eigenvalue weighted by Gasteiger charge is 2.29. The minimum absolute atomic E-state index is 0.0136. The van der Waals surface area contributed by atoms with Gasteiger partial charge in [-0.05, 0) is 31.4 Å². The molecule has 7 nitrogen and oxygen atoms in total. The summed E-state index contributed by atoms with van der Waals surface area (Å²) in [5.41, 5.74) is 11.8. The van der Waals surface area contributed by atoms with Crippen LogP contribution in [0.1, 0.15) is 23.7 Å². The second-order valence-corrected chi connectivity index (χ2v) is 5.18. The second kappa shape index (κ2) is 5.46. The van der Waals surface area contributed by atoms with Crippen LogP contribution >= 0.6 is 0 Å². The normalized spacial score (nSPS) is 19.9. The van der Waals surface area contributed by atoms with Crippen molar-refractivity contribution in [2.24, 2.45) is 17.4 Å². The Kier molecular flexibility index (Phi) is 3.89. The lowest BCUT2D eigenvalue weighted by Crippen LogP contribution is -2.30. The molecule has 2 unspecified atom stereocenters. The average molecular weight is 278 g/mol. The summed E-state index contributed by atoms with van der Waals surface area (Å²) in [6.07, 6.45) is 0.885. The fourth-order valence-electron chi connectivity index (χ4n) is 2.52. The zero-order valence-corrected chi connectivity index (χ0v) is 11.3. The van der Waals surface area contributed by atoms with Crippen LogP contribution in [0, 0.1) is 16.0 Å². The van der Waals surface area contributed by atoms with Crippen molar-refractivity contribution in [2.75, 3.05) is 18.0 Å². The maximum absolute atomic E-state index is 11.2. The van der Waals surface area contributed by atoms with Crippen molar-refractivity contribution < 1.29 is 9.72 Å². The lowest BCUT2D eigenvalue weighted by molar-refractivity contribution is -0.384. The van der Waals surface area contributed by atoms with Crippen molar-refractivity contribution in [3.63, 3.8) is 0 Å². The van der Waals surface area contributed by atoms with Gasteiger partial charge >= 0.3 is 0 Å². The van der Waals surface area contributed by atoms with Crippen molar-refractivity contribution in [1.29, 1.82) is 0 Å². The molecule has 108 valence electrons. The fourth-order valence-corrected chi connectivity index (χ4v) is 2.52. The lowest BCUT2D eigenvalue weighted by Gasteiger charge is -2.20. The average Bonchev–Trinajstić information content (AvgIpc) is 2.87. The van der Waals surface area contributed by atoms with E-state index in [1.165, 1.54) is 18.2 Å². The van der Waals surface area contributed by atoms with Gasteiger partial charge in [0.2, 0.25) is 5.91 Å². The van der Waals surface area contributed by atoms with Crippen molar-refractivity contribution in [2.45, 2.75) is 19.4 Å². The van der Waals surface area contributed by atoms with Gasteiger partial charge in [0.05, 0.1) is 4.92 Å². The van der Waals surface area contributed by atoms with Crippen LogP contribution in [0.3, 0.4) is 0 Å². The van der Waals surface area contributed by atoms with Gasteiger partial charge in [-0.2, -0.15) is 0 Å². The van der Waals surface area contributed by atoms with E-state index < -0.39 is 10.8 Å². The van der Waals surface area contributed by atoms with Crippen LogP contribution < -0.4 is 16.4 Å². The molecule has 20 heavy (non-hydrogen) atoms. The summed E-state index contributed by atoms with van der Waals surface area (Å²) in [5, 5.41) is 11.1. The van der Waals surface area contributed by atoms with E-state index in [9.17, 15) is 14.9 Å². The quantitative estimate of drug-likeness (QED) is 0.626. The molecule has 4 N–H and O–H groups in total. The molecule has 1 heterocycles. The zero-order valence-electron chi connectivity index (χ0n) is 11.3. The topological polar surface area (TPSA) is 115 Å². The summed E-state index contributed by atoms with van der Waals surface area (Å²) in [6.45, 7) is 3.28. The Balaban J connectivity index is 2.36. The first-order valence-corrected chi connectivity index (χ1v) is 6.49. The van der Waals surface area contributed by atoms with E-state index >= 15 is 0 Å². The summed E-state index contributed by atoms with van der Waals surface area (Å²) in [4.78, 5) is 23.8. The summed E-state index contributed by atoms with van der Waals surface area (Å²) >= 11 is 0. The number of nitrogens with two attached hydrogens (primary N) is 2. The molecule has 1 aromatic rings. The standard InChI is InChI=1S/C13H18N4O3/c1-8(14)10-4-5-16(7-10)12-6-9(13(15)18)2-3-11(12)17(19)20/h2-3,6,8,10H,4-5,7,14H2,1H3,(H2,15,18). The highest BCUT2D eigenvalue weighted by Crippen LogP contribution is 2.33. The Labute approximate surface area is 116 Å². The first-order valence-electron chi connectivity index (χ1n) is 6.49. The van der Waals surface area contributed by atoms with Crippen molar-refractivity contribution in [3.05, 3.63) is 33.9 Å². The number of amides is 1. The van der Waals surface area contributed by atoms with Crippen LogP contribution in [0.25, 0.3) is 0 Å². The monoisotopic (exact) mass is 278 g/mol. The van der Waals surface area contributed by atoms with Crippen LogP contribution in [0.15, 0.2) is 18.2 Å². The third kappa shape index (κ3) is 2.72. The van der Waals surface area contributed by atoms with Crippen molar-refractivity contribution in [1.82, 2.24) is 0 Å². The van der Waals surface area contributed by atoms with Crippen LogP contribution in [-0.2, 0) is 0 Å². The molecule has 0 spiro atoms. The maximum atomic E-state index is 11.2. The number of nitro benzene ring substituents is 1. The van der Waals surface area contributed by atoms with E-state index in [-0.39, 0.29) is 17.3 Å². The van der Waals surface area contributed by atoms with E-state index in [0.29, 0.717) is 24.7 Å². The molecule has 1 aliphatic rings. The number of carbonyl (C=O) groups is 1. The fraction of sp³-hybridized carbons (Fsp3) is 0.462. The minimum atomic E-state index is -0.593. The summed E-state index contributed by atoms with van der Waals surface area (Å²) in [6, 6.07) is 4.24. The third-order valence-corrected chi connectivity index (χ3v) is 3.77. The molecule has 0 bridgehead atoms. The zero-order chi connectivity index (χ0) is 14.9. The number of nitrogens with zero attached hydrogens (tertiary/aromatic N) is 2. The predicted molar refractivity (Wildman–Crippen MR) is 75.6 cm³/mol. The van der Waals surface area contributed by atoms with E-state index in [0.717, 1.165) is 6.42 Å². The second-order valence-electron chi connectivity index (χ2n) is 5.18. The number of benzene rings is 1. The van der Waals surface area contributed by atoms with E-state index in [2.05, 4.69) is 0 Å². The molecule has 2 atom stereocenters. The minimum Gasteiger partial charge on any atom is -0.366 e. The highest BCUT2D eigenvalue weighted by atomic mass is 16.6. The Hall–Kier alpha value is -2.15. The number of hydrogen-bond acceptors (Lipinski definition) is 5. The van der Waals surface area contributed by atoms with Gasteiger partial charge in [-0.15, -0.1) is 0 Å². The molecule has 2 rings (SSSR count). The number of anilines is 1. The molecular weight excluding hydrogens is 260 g/mol. The molecule has 1 aliphatic heterocycles. The Morgan fingerprint density at radius 3 is 2.75 bits per heavy atom. The van der Waals surface area contributed by atoms with Crippen molar-refractivity contribution in [3.8, 4) is 0 Å². The van der Waals surface area contributed by atoms with Gasteiger partial charge in [0, 0.05) is 30.8 Å². The summed E-state index contributed by atoms with van der Waals surface area (Å²) in [5.74, 6) is -0.295. The molecule has 0 saturated carbocycles. The van der Waals surface area contributed by atoms with Crippen molar-refractivity contribution >= 4 is 17.3 Å². The van der Waals surface area contributed by atoms with E-state index in [1.54, 1.807) is 0 Å². The highest BCUT2D eigenvalue weighted by molar-refractivity contribution is 5.94. The molecule has 0 aromatic heterocycles. The van der Waals surface area contributed by atoms with Gasteiger partial charge < -0.3 is 16.4 Å². The lowest BCUT2D eigenvalue weighted by atomic mass is 10.0. The first kappa shape index (κ1) is 14.3. The van der Waals surface area contributed by atoms with Crippen LogP contribution in [0.4, 0.5) is 11.4 Å². The third-order valence-electron chi connectivity index (χ3n) is 3.77. The van der Waals surface area contributed by atoms with Gasteiger partial charge in [-0.25, -0.2) is 0 Å². The molecule has 0 aliphatic carbocycles. The number of hydrogen-bond donors (Lipinski definition) is 2. The SMILES string of the molecule is CC(N)C1CCN(c2cc(C(N)=O)ccc2[N+](=O)[O-])C1. The molecule has 1 amide bonds. The first-order chi connectivity index (χ1) is 9.40. The molecule has 7 heteroatoms. The largest absolute Gasteiger partial charge is 0.366 e. The molecule has 1 saturated heterocycles. The number of nitro groups is 1. The smallest absolute Gasteiger partial charge is 0.292 e.